The molecular formula is C15H19BrN2O. The number of ether oxygens (including phenoxy) is 1. The molecule has 1 fully saturated rings. The molecule has 1 atom stereocenters. The monoisotopic (exact) mass is 322 g/mol. The number of nitrogens with zero attached hydrogens (tertiary/aromatic N) is 1. The largest absolute Gasteiger partial charge is 0.378 e. The minimum atomic E-state index is 0.255. The minimum Gasteiger partial charge on any atom is -0.378 e. The van der Waals surface area contributed by atoms with E-state index in [2.05, 4.69) is 27.5 Å². The van der Waals surface area contributed by atoms with Gasteiger partial charge >= 0.3 is 0 Å². The summed E-state index contributed by atoms with van der Waals surface area (Å²) in [6.07, 6.45) is 7.67. The van der Waals surface area contributed by atoms with Crippen molar-refractivity contribution in [3.63, 3.8) is 0 Å². The van der Waals surface area contributed by atoms with Gasteiger partial charge < -0.3 is 10.1 Å². The first-order valence-electron chi connectivity index (χ1n) is 6.58. The van der Waals surface area contributed by atoms with Gasteiger partial charge in [-0.15, -0.1) is 0 Å². The van der Waals surface area contributed by atoms with Gasteiger partial charge in [-0.25, -0.2) is 0 Å². The van der Waals surface area contributed by atoms with Crippen molar-refractivity contribution < 1.29 is 4.74 Å². The summed E-state index contributed by atoms with van der Waals surface area (Å²) < 4.78 is 6.67. The predicted octanol–water partition coefficient (Wildman–Crippen LogP) is 4.12. The molecule has 2 heterocycles. The molecule has 2 rings (SSSR count). The van der Waals surface area contributed by atoms with Crippen LogP contribution in [0.1, 0.15) is 42.5 Å². The Labute approximate surface area is 122 Å². The second kappa shape index (κ2) is 6.44. The Kier molecular flexibility index (Phi) is 4.88. The Hall–Kier alpha value is -1.00. The van der Waals surface area contributed by atoms with Gasteiger partial charge in [0.1, 0.15) is 0 Å². The zero-order valence-electron chi connectivity index (χ0n) is 11.2. The van der Waals surface area contributed by atoms with Crippen molar-refractivity contribution in [2.75, 3.05) is 6.61 Å². The fourth-order valence-electron chi connectivity index (χ4n) is 2.39. The van der Waals surface area contributed by atoms with Crippen LogP contribution in [0.25, 0.3) is 5.57 Å². The van der Waals surface area contributed by atoms with Gasteiger partial charge in [0.15, 0.2) is 0 Å². The van der Waals surface area contributed by atoms with Crippen LogP contribution >= 0.6 is 15.9 Å². The van der Waals surface area contributed by atoms with Gasteiger partial charge in [0, 0.05) is 35.5 Å². The van der Waals surface area contributed by atoms with Crippen molar-refractivity contribution in [2.45, 2.75) is 38.7 Å². The van der Waals surface area contributed by atoms with Crippen LogP contribution in [0.2, 0.25) is 0 Å². The van der Waals surface area contributed by atoms with Crippen molar-refractivity contribution in [2.24, 2.45) is 0 Å². The van der Waals surface area contributed by atoms with Crippen LogP contribution in [0, 0.1) is 12.3 Å². The Bertz CT molecular complexity index is 493. The summed E-state index contributed by atoms with van der Waals surface area (Å²) in [7, 11) is 0. The maximum Gasteiger partial charge on any atom is 0.0747 e. The van der Waals surface area contributed by atoms with Gasteiger partial charge in [-0.2, -0.15) is 0 Å². The molecule has 0 aliphatic carbocycles. The third-order valence-electron chi connectivity index (χ3n) is 3.55. The topological polar surface area (TPSA) is 46.0 Å². The predicted molar refractivity (Wildman–Crippen MR) is 81.8 cm³/mol. The van der Waals surface area contributed by atoms with E-state index in [1.54, 1.807) is 6.20 Å². The fourth-order valence-corrected chi connectivity index (χ4v) is 2.71. The standard InChI is InChI=1S/C15H19BrN2O/c1-10(7-12-5-3-4-6-19-12)15-13(8-17)11(2)14(16)9-18-15/h8-9,12,17H,1,3-7H2,2H3. The number of hydrogen-bond acceptors (Lipinski definition) is 3. The van der Waals surface area contributed by atoms with Gasteiger partial charge in [0.2, 0.25) is 0 Å². The Morgan fingerprint density at radius 3 is 3.05 bits per heavy atom. The first-order valence-corrected chi connectivity index (χ1v) is 7.38. The number of halogens is 1. The molecule has 1 unspecified atom stereocenters. The van der Waals surface area contributed by atoms with Crippen molar-refractivity contribution in [1.82, 2.24) is 4.98 Å². The average molecular weight is 323 g/mol. The molecule has 1 aliphatic rings. The molecule has 0 amide bonds. The second-order valence-electron chi connectivity index (χ2n) is 4.93. The van der Waals surface area contributed by atoms with E-state index >= 15 is 0 Å². The van der Waals surface area contributed by atoms with E-state index in [9.17, 15) is 0 Å². The normalized spacial score (nSPS) is 19.2. The lowest BCUT2D eigenvalue weighted by atomic mass is 9.96. The minimum absolute atomic E-state index is 0.255. The molecule has 1 aliphatic heterocycles. The molecular weight excluding hydrogens is 304 g/mol. The average Bonchev–Trinajstić information content (AvgIpc) is 2.42. The Morgan fingerprint density at radius 1 is 1.63 bits per heavy atom. The van der Waals surface area contributed by atoms with E-state index in [0.29, 0.717) is 0 Å². The summed E-state index contributed by atoms with van der Waals surface area (Å²) in [5, 5.41) is 7.58. The van der Waals surface area contributed by atoms with Gasteiger partial charge in [0.25, 0.3) is 0 Å². The summed E-state index contributed by atoms with van der Waals surface area (Å²) in [4.78, 5) is 4.42. The summed E-state index contributed by atoms with van der Waals surface area (Å²) in [6, 6.07) is 0. The lowest BCUT2D eigenvalue weighted by Crippen LogP contribution is -2.19. The number of pyridine rings is 1. The van der Waals surface area contributed by atoms with E-state index in [4.69, 9.17) is 10.1 Å². The van der Waals surface area contributed by atoms with Crippen LogP contribution in [0.15, 0.2) is 17.2 Å². The summed E-state index contributed by atoms with van der Waals surface area (Å²) in [6.45, 7) is 6.97. The molecule has 1 aromatic heterocycles. The molecule has 1 saturated heterocycles. The highest BCUT2D eigenvalue weighted by molar-refractivity contribution is 9.10. The van der Waals surface area contributed by atoms with Gasteiger partial charge in [0.05, 0.1) is 11.8 Å². The molecule has 0 spiro atoms. The van der Waals surface area contributed by atoms with E-state index in [0.717, 1.165) is 52.7 Å². The molecule has 0 bridgehead atoms. The molecule has 0 aromatic carbocycles. The van der Waals surface area contributed by atoms with E-state index < -0.39 is 0 Å². The molecule has 0 saturated carbocycles. The van der Waals surface area contributed by atoms with Gasteiger partial charge in [-0.3, -0.25) is 4.98 Å². The third kappa shape index (κ3) is 3.31. The highest BCUT2D eigenvalue weighted by Gasteiger charge is 2.18. The summed E-state index contributed by atoms with van der Waals surface area (Å²) >= 11 is 3.45. The lowest BCUT2D eigenvalue weighted by molar-refractivity contribution is 0.0198. The van der Waals surface area contributed by atoms with Gasteiger partial charge in [-0.05, 0) is 53.3 Å². The Morgan fingerprint density at radius 2 is 2.42 bits per heavy atom. The van der Waals surface area contributed by atoms with Crippen LogP contribution in [0.5, 0.6) is 0 Å². The molecule has 0 radical (unpaired) electrons. The summed E-state index contributed by atoms with van der Waals surface area (Å²) in [5.41, 5.74) is 3.66. The fraction of sp³-hybridized carbons (Fsp3) is 0.467. The van der Waals surface area contributed by atoms with Crippen molar-refractivity contribution in [1.29, 1.82) is 5.41 Å². The summed E-state index contributed by atoms with van der Waals surface area (Å²) in [5.74, 6) is 0. The van der Waals surface area contributed by atoms with Crippen LogP contribution < -0.4 is 0 Å². The molecule has 1 aromatic rings. The van der Waals surface area contributed by atoms with Crippen LogP contribution in [0.4, 0.5) is 0 Å². The van der Waals surface area contributed by atoms with Gasteiger partial charge in [-0.1, -0.05) is 6.58 Å². The van der Waals surface area contributed by atoms with E-state index in [1.165, 1.54) is 12.6 Å². The highest BCUT2D eigenvalue weighted by atomic mass is 79.9. The van der Waals surface area contributed by atoms with Crippen molar-refractivity contribution in [3.05, 3.63) is 34.1 Å². The number of aromatic nitrogens is 1. The van der Waals surface area contributed by atoms with E-state index in [1.807, 2.05) is 6.92 Å². The maximum atomic E-state index is 7.58. The quantitative estimate of drug-likeness (QED) is 0.847. The number of hydrogen-bond donors (Lipinski definition) is 1. The van der Waals surface area contributed by atoms with Crippen molar-refractivity contribution in [3.8, 4) is 0 Å². The third-order valence-corrected chi connectivity index (χ3v) is 4.35. The number of nitrogens with one attached hydrogen (secondary N) is 1. The zero-order chi connectivity index (χ0) is 13.8. The first-order chi connectivity index (χ1) is 9.13. The first kappa shape index (κ1) is 14.4. The Balaban J connectivity index is 2.18. The van der Waals surface area contributed by atoms with Crippen LogP contribution in [-0.4, -0.2) is 23.9 Å². The van der Waals surface area contributed by atoms with Crippen LogP contribution in [-0.2, 0) is 4.74 Å². The molecule has 19 heavy (non-hydrogen) atoms. The highest BCUT2D eigenvalue weighted by Crippen LogP contribution is 2.28. The number of rotatable bonds is 4. The zero-order valence-corrected chi connectivity index (χ0v) is 12.8. The van der Waals surface area contributed by atoms with E-state index in [-0.39, 0.29) is 6.10 Å². The lowest BCUT2D eigenvalue weighted by Gasteiger charge is -2.23. The SMILES string of the molecule is C=C(CC1CCCCO1)c1ncc(Br)c(C)c1C=N. The molecule has 3 nitrogen and oxygen atoms in total. The molecule has 1 N–H and O–H groups in total. The maximum absolute atomic E-state index is 7.58. The smallest absolute Gasteiger partial charge is 0.0747 e. The molecule has 4 heteroatoms. The van der Waals surface area contributed by atoms with Crippen molar-refractivity contribution >= 4 is 27.7 Å². The molecule has 102 valence electrons. The van der Waals surface area contributed by atoms with Crippen LogP contribution in [0.3, 0.4) is 0 Å². The second-order valence-corrected chi connectivity index (χ2v) is 5.79.